The van der Waals surface area contributed by atoms with Crippen LogP contribution in [0.15, 0.2) is 73.1 Å². The largest absolute Gasteiger partial charge is 0.495 e. The number of ether oxygens (including phenoxy) is 1. The van der Waals surface area contributed by atoms with Crippen molar-refractivity contribution in [1.82, 2.24) is 4.57 Å². The number of carbonyl (C=O) groups is 1. The van der Waals surface area contributed by atoms with E-state index >= 15 is 0 Å². The summed E-state index contributed by atoms with van der Waals surface area (Å²) in [6.07, 6.45) is 4.32. The highest BCUT2D eigenvalue weighted by molar-refractivity contribution is 5.92. The van der Waals surface area contributed by atoms with E-state index in [4.69, 9.17) is 4.74 Å². The first kappa shape index (κ1) is 16.8. The molecule has 1 atom stereocenters. The summed E-state index contributed by atoms with van der Waals surface area (Å²) in [5.74, 6) is 0.605. The van der Waals surface area contributed by atoms with E-state index in [1.165, 1.54) is 5.56 Å². The summed E-state index contributed by atoms with van der Waals surface area (Å²) in [6.45, 7) is 2.06. The monoisotopic (exact) mass is 334 g/mol. The van der Waals surface area contributed by atoms with Crippen molar-refractivity contribution in [1.29, 1.82) is 0 Å². The number of nitrogens with zero attached hydrogens (tertiary/aromatic N) is 1. The molecule has 1 aromatic heterocycles. The number of rotatable bonds is 6. The van der Waals surface area contributed by atoms with Gasteiger partial charge in [-0.05, 0) is 36.8 Å². The molecule has 0 bridgehead atoms. The Morgan fingerprint density at radius 1 is 1.08 bits per heavy atom. The Bertz CT molecular complexity index is 841. The topological polar surface area (TPSA) is 43.3 Å². The van der Waals surface area contributed by atoms with Crippen LogP contribution in [0.25, 0.3) is 0 Å². The van der Waals surface area contributed by atoms with Crippen molar-refractivity contribution in [3.63, 3.8) is 0 Å². The van der Waals surface area contributed by atoms with Crippen LogP contribution >= 0.6 is 0 Å². The van der Waals surface area contributed by atoms with E-state index in [9.17, 15) is 4.79 Å². The highest BCUT2D eigenvalue weighted by Gasteiger charge is 2.18. The van der Waals surface area contributed by atoms with Crippen molar-refractivity contribution in [2.45, 2.75) is 19.4 Å². The molecular formula is C21H22N2O2. The number of aromatic nitrogens is 1. The standard InChI is InChI=1S/C21H22N2O2/c1-16-8-7-9-17(14-16)19(23-12-5-6-13-23)15-21(24)22-18-10-3-4-11-20(18)25-2/h3-14,19H,15H2,1-2H3,(H,22,24)/t19-/m0/s1. The molecule has 0 fully saturated rings. The summed E-state index contributed by atoms with van der Waals surface area (Å²) in [5, 5.41) is 2.96. The van der Waals surface area contributed by atoms with Gasteiger partial charge in [0.05, 0.1) is 25.3 Å². The summed E-state index contributed by atoms with van der Waals surface area (Å²) in [6, 6.07) is 19.6. The number of methoxy groups -OCH3 is 1. The fourth-order valence-corrected chi connectivity index (χ4v) is 2.95. The van der Waals surface area contributed by atoms with E-state index in [0.717, 1.165) is 5.56 Å². The number of carbonyl (C=O) groups excluding carboxylic acids is 1. The van der Waals surface area contributed by atoms with E-state index in [1.807, 2.05) is 54.9 Å². The quantitative estimate of drug-likeness (QED) is 0.725. The van der Waals surface area contributed by atoms with Gasteiger partial charge in [0.2, 0.25) is 5.91 Å². The molecular weight excluding hydrogens is 312 g/mol. The number of amides is 1. The Balaban J connectivity index is 1.82. The lowest BCUT2D eigenvalue weighted by molar-refractivity contribution is -0.116. The van der Waals surface area contributed by atoms with Gasteiger partial charge in [-0.3, -0.25) is 4.79 Å². The van der Waals surface area contributed by atoms with Gasteiger partial charge in [-0.2, -0.15) is 0 Å². The molecule has 128 valence electrons. The van der Waals surface area contributed by atoms with Gasteiger partial charge in [0, 0.05) is 12.4 Å². The normalized spacial score (nSPS) is 11.8. The third kappa shape index (κ3) is 4.10. The van der Waals surface area contributed by atoms with Gasteiger partial charge in [0.1, 0.15) is 5.75 Å². The van der Waals surface area contributed by atoms with Crippen LogP contribution in [0.5, 0.6) is 5.75 Å². The highest BCUT2D eigenvalue weighted by Crippen LogP contribution is 2.26. The SMILES string of the molecule is COc1ccccc1NC(=O)C[C@@H](c1cccc(C)c1)n1cccc1. The molecule has 25 heavy (non-hydrogen) atoms. The average molecular weight is 334 g/mol. The van der Waals surface area contributed by atoms with E-state index in [-0.39, 0.29) is 11.9 Å². The van der Waals surface area contributed by atoms with Crippen LogP contribution in [-0.4, -0.2) is 17.6 Å². The maximum absolute atomic E-state index is 12.7. The Hall–Kier alpha value is -3.01. The van der Waals surface area contributed by atoms with Crippen LogP contribution in [0.1, 0.15) is 23.6 Å². The Labute approximate surface area is 148 Å². The zero-order valence-corrected chi connectivity index (χ0v) is 14.5. The maximum atomic E-state index is 12.7. The molecule has 2 aromatic carbocycles. The number of benzene rings is 2. The summed E-state index contributed by atoms with van der Waals surface area (Å²) >= 11 is 0. The summed E-state index contributed by atoms with van der Waals surface area (Å²) < 4.78 is 7.37. The fraction of sp³-hybridized carbons (Fsp3) is 0.190. The van der Waals surface area contributed by atoms with Crippen LogP contribution < -0.4 is 10.1 Å². The number of hydrogen-bond acceptors (Lipinski definition) is 2. The summed E-state index contributed by atoms with van der Waals surface area (Å²) in [4.78, 5) is 12.7. The molecule has 0 aliphatic rings. The van der Waals surface area contributed by atoms with Crippen LogP contribution in [0, 0.1) is 6.92 Å². The lowest BCUT2D eigenvalue weighted by atomic mass is 10.0. The number of anilines is 1. The molecule has 4 heteroatoms. The Morgan fingerprint density at radius 2 is 1.84 bits per heavy atom. The lowest BCUT2D eigenvalue weighted by Crippen LogP contribution is -2.20. The van der Waals surface area contributed by atoms with Crippen LogP contribution in [0.2, 0.25) is 0 Å². The predicted octanol–water partition coefficient (Wildman–Crippen LogP) is 4.42. The van der Waals surface area contributed by atoms with E-state index in [1.54, 1.807) is 7.11 Å². The minimum atomic E-state index is -0.0513. The van der Waals surface area contributed by atoms with Crippen molar-refractivity contribution in [3.05, 3.63) is 84.2 Å². The molecule has 0 aliphatic heterocycles. The zero-order valence-electron chi connectivity index (χ0n) is 14.5. The second kappa shape index (κ2) is 7.71. The minimum absolute atomic E-state index is 0.0512. The number of nitrogens with one attached hydrogen (secondary N) is 1. The molecule has 0 spiro atoms. The molecule has 4 nitrogen and oxygen atoms in total. The first-order chi connectivity index (χ1) is 12.2. The van der Waals surface area contributed by atoms with Crippen molar-refractivity contribution >= 4 is 11.6 Å². The van der Waals surface area contributed by atoms with Gasteiger partial charge < -0.3 is 14.6 Å². The summed E-state index contributed by atoms with van der Waals surface area (Å²) in [7, 11) is 1.60. The van der Waals surface area contributed by atoms with Crippen molar-refractivity contribution in [2.75, 3.05) is 12.4 Å². The third-order valence-corrected chi connectivity index (χ3v) is 4.17. The molecule has 1 N–H and O–H groups in total. The minimum Gasteiger partial charge on any atom is -0.495 e. The fourth-order valence-electron chi connectivity index (χ4n) is 2.95. The van der Waals surface area contributed by atoms with Crippen molar-refractivity contribution in [3.8, 4) is 5.75 Å². The molecule has 1 heterocycles. The first-order valence-corrected chi connectivity index (χ1v) is 8.29. The van der Waals surface area contributed by atoms with Gasteiger partial charge in [-0.1, -0.05) is 42.0 Å². The smallest absolute Gasteiger partial charge is 0.226 e. The molecule has 0 radical (unpaired) electrons. The molecule has 3 aromatic rings. The van der Waals surface area contributed by atoms with E-state index in [2.05, 4.69) is 35.0 Å². The van der Waals surface area contributed by atoms with Gasteiger partial charge in [-0.15, -0.1) is 0 Å². The van der Waals surface area contributed by atoms with Gasteiger partial charge in [0.15, 0.2) is 0 Å². The van der Waals surface area contributed by atoms with E-state index in [0.29, 0.717) is 17.9 Å². The van der Waals surface area contributed by atoms with Crippen LogP contribution in [0.3, 0.4) is 0 Å². The molecule has 1 amide bonds. The molecule has 0 saturated heterocycles. The van der Waals surface area contributed by atoms with Gasteiger partial charge >= 0.3 is 0 Å². The Kier molecular flexibility index (Phi) is 5.19. The van der Waals surface area contributed by atoms with Crippen LogP contribution in [0.4, 0.5) is 5.69 Å². The van der Waals surface area contributed by atoms with Crippen molar-refractivity contribution < 1.29 is 9.53 Å². The number of aryl methyl sites for hydroxylation is 1. The molecule has 3 rings (SSSR count). The number of para-hydroxylation sites is 2. The second-order valence-corrected chi connectivity index (χ2v) is 6.01. The zero-order chi connectivity index (χ0) is 17.6. The highest BCUT2D eigenvalue weighted by atomic mass is 16.5. The predicted molar refractivity (Wildman–Crippen MR) is 100.0 cm³/mol. The lowest BCUT2D eigenvalue weighted by Gasteiger charge is -2.20. The molecule has 0 saturated carbocycles. The average Bonchev–Trinajstić information content (AvgIpc) is 3.14. The van der Waals surface area contributed by atoms with Gasteiger partial charge in [0.25, 0.3) is 0 Å². The second-order valence-electron chi connectivity index (χ2n) is 6.01. The van der Waals surface area contributed by atoms with Crippen molar-refractivity contribution in [2.24, 2.45) is 0 Å². The molecule has 0 aliphatic carbocycles. The molecule has 0 unspecified atom stereocenters. The summed E-state index contributed by atoms with van der Waals surface area (Å²) in [5.41, 5.74) is 2.98. The maximum Gasteiger partial charge on any atom is 0.226 e. The van der Waals surface area contributed by atoms with E-state index < -0.39 is 0 Å². The Morgan fingerprint density at radius 3 is 2.56 bits per heavy atom. The first-order valence-electron chi connectivity index (χ1n) is 8.29. The van der Waals surface area contributed by atoms with Crippen LogP contribution in [-0.2, 0) is 4.79 Å². The third-order valence-electron chi connectivity index (χ3n) is 4.17. The number of hydrogen-bond donors (Lipinski definition) is 1. The van der Waals surface area contributed by atoms with Gasteiger partial charge in [-0.25, -0.2) is 0 Å².